The standard InChI is InChI=1S/C6H8O2/c1-3-5-4(2)6(7)8-5/h3-5H,1H2,2H3/t4-,5+/m1/s1. The molecule has 1 rings (SSSR count). The van der Waals surface area contributed by atoms with Gasteiger partial charge >= 0.3 is 5.97 Å². The molecule has 0 bridgehead atoms. The predicted molar refractivity (Wildman–Crippen MR) is 29.2 cm³/mol. The van der Waals surface area contributed by atoms with Crippen LogP contribution in [0.4, 0.5) is 0 Å². The number of cyclic esters (lactones) is 1. The van der Waals surface area contributed by atoms with Crippen LogP contribution in [0.25, 0.3) is 0 Å². The average Bonchev–Trinajstić information content (AvgIpc) is 1.81. The summed E-state index contributed by atoms with van der Waals surface area (Å²) in [4.78, 5) is 10.3. The van der Waals surface area contributed by atoms with E-state index in [1.807, 2.05) is 6.92 Å². The molecule has 0 aliphatic carbocycles. The van der Waals surface area contributed by atoms with E-state index in [0.717, 1.165) is 0 Å². The second-order valence-electron chi connectivity index (χ2n) is 1.93. The largest absolute Gasteiger partial charge is 0.457 e. The van der Waals surface area contributed by atoms with E-state index < -0.39 is 0 Å². The van der Waals surface area contributed by atoms with E-state index in [1.165, 1.54) is 0 Å². The van der Waals surface area contributed by atoms with Gasteiger partial charge in [-0.05, 0) is 6.92 Å². The molecule has 0 amide bonds. The van der Waals surface area contributed by atoms with Gasteiger partial charge in [0.15, 0.2) is 0 Å². The first-order valence-electron chi connectivity index (χ1n) is 2.58. The number of hydrogen-bond acceptors (Lipinski definition) is 2. The fourth-order valence-corrected chi connectivity index (χ4v) is 0.658. The molecule has 0 unspecified atom stereocenters. The Morgan fingerprint density at radius 2 is 2.50 bits per heavy atom. The first kappa shape index (κ1) is 5.35. The van der Waals surface area contributed by atoms with Crippen LogP contribution in [0.5, 0.6) is 0 Å². The summed E-state index contributed by atoms with van der Waals surface area (Å²) in [7, 11) is 0. The van der Waals surface area contributed by atoms with E-state index in [0.29, 0.717) is 0 Å². The van der Waals surface area contributed by atoms with Gasteiger partial charge in [0.05, 0.1) is 5.92 Å². The monoisotopic (exact) mass is 112 g/mol. The molecule has 1 aliphatic rings. The summed E-state index contributed by atoms with van der Waals surface area (Å²) in [5.41, 5.74) is 0. The third-order valence-electron chi connectivity index (χ3n) is 1.35. The number of hydrogen-bond donors (Lipinski definition) is 0. The van der Waals surface area contributed by atoms with Crippen molar-refractivity contribution in [3.63, 3.8) is 0 Å². The fraction of sp³-hybridized carbons (Fsp3) is 0.500. The van der Waals surface area contributed by atoms with Crippen LogP contribution in [-0.4, -0.2) is 12.1 Å². The van der Waals surface area contributed by atoms with Crippen molar-refractivity contribution in [2.75, 3.05) is 0 Å². The van der Waals surface area contributed by atoms with Gasteiger partial charge in [-0.25, -0.2) is 0 Å². The highest BCUT2D eigenvalue weighted by Gasteiger charge is 2.35. The Morgan fingerprint density at radius 1 is 1.88 bits per heavy atom. The van der Waals surface area contributed by atoms with Crippen LogP contribution in [0.2, 0.25) is 0 Å². The highest BCUT2D eigenvalue weighted by molar-refractivity contribution is 5.78. The van der Waals surface area contributed by atoms with Crippen molar-refractivity contribution >= 4 is 5.97 Å². The normalized spacial score (nSPS) is 35.4. The molecule has 0 N–H and O–H groups in total. The Balaban J connectivity index is 2.47. The van der Waals surface area contributed by atoms with Crippen molar-refractivity contribution < 1.29 is 9.53 Å². The third kappa shape index (κ3) is 0.529. The van der Waals surface area contributed by atoms with Gasteiger partial charge in [-0.1, -0.05) is 12.7 Å². The first-order chi connectivity index (χ1) is 3.75. The zero-order chi connectivity index (χ0) is 6.15. The van der Waals surface area contributed by atoms with E-state index in [1.54, 1.807) is 6.08 Å². The average molecular weight is 112 g/mol. The minimum absolute atomic E-state index is 0.0255. The van der Waals surface area contributed by atoms with E-state index >= 15 is 0 Å². The van der Waals surface area contributed by atoms with Gasteiger partial charge in [0.1, 0.15) is 6.10 Å². The summed E-state index contributed by atoms with van der Waals surface area (Å²) in [6.45, 7) is 5.32. The second-order valence-corrected chi connectivity index (χ2v) is 1.93. The van der Waals surface area contributed by atoms with E-state index in [-0.39, 0.29) is 18.0 Å². The molecule has 2 nitrogen and oxygen atoms in total. The Labute approximate surface area is 48.1 Å². The van der Waals surface area contributed by atoms with Crippen LogP contribution in [0.15, 0.2) is 12.7 Å². The molecule has 44 valence electrons. The number of carbonyl (C=O) groups is 1. The lowest BCUT2D eigenvalue weighted by Crippen LogP contribution is -2.41. The molecule has 8 heavy (non-hydrogen) atoms. The van der Waals surface area contributed by atoms with Crippen molar-refractivity contribution in [3.05, 3.63) is 12.7 Å². The summed E-state index contributed by atoms with van der Waals surface area (Å²) >= 11 is 0. The molecule has 0 radical (unpaired) electrons. The topological polar surface area (TPSA) is 26.3 Å². The lowest BCUT2D eigenvalue weighted by Gasteiger charge is -2.29. The van der Waals surface area contributed by atoms with Crippen molar-refractivity contribution in [3.8, 4) is 0 Å². The van der Waals surface area contributed by atoms with E-state index in [9.17, 15) is 4.79 Å². The molecule has 1 fully saturated rings. The van der Waals surface area contributed by atoms with Gasteiger partial charge in [0, 0.05) is 0 Å². The molecule has 2 heteroatoms. The first-order valence-corrected chi connectivity index (χ1v) is 2.58. The molecule has 2 atom stereocenters. The summed E-state index contributed by atoms with van der Waals surface area (Å²) < 4.78 is 4.64. The summed E-state index contributed by atoms with van der Waals surface area (Å²) in [6, 6.07) is 0. The van der Waals surface area contributed by atoms with Crippen molar-refractivity contribution in [1.29, 1.82) is 0 Å². The highest BCUT2D eigenvalue weighted by Crippen LogP contribution is 2.21. The van der Waals surface area contributed by atoms with Crippen LogP contribution in [0.1, 0.15) is 6.92 Å². The minimum atomic E-state index is -0.116. The van der Waals surface area contributed by atoms with Gasteiger partial charge < -0.3 is 4.74 Å². The molecule has 0 aromatic carbocycles. The highest BCUT2D eigenvalue weighted by atomic mass is 16.6. The maximum atomic E-state index is 10.3. The molecule has 1 saturated heterocycles. The number of carbonyl (C=O) groups excluding carboxylic acids is 1. The molecule has 0 aromatic heterocycles. The number of ether oxygens (including phenoxy) is 1. The SMILES string of the molecule is C=C[C@@H]1OC(=O)[C@@H]1C. The lowest BCUT2D eigenvalue weighted by molar-refractivity contribution is -0.176. The van der Waals surface area contributed by atoms with Gasteiger partial charge in [-0.2, -0.15) is 0 Å². The van der Waals surface area contributed by atoms with Crippen LogP contribution in [-0.2, 0) is 9.53 Å². The molecule has 1 aliphatic heterocycles. The predicted octanol–water partition coefficient (Wildman–Crippen LogP) is 0.734. The number of rotatable bonds is 1. The maximum absolute atomic E-state index is 10.3. The van der Waals surface area contributed by atoms with Crippen molar-refractivity contribution in [1.82, 2.24) is 0 Å². The molecular formula is C6H8O2. The molecular weight excluding hydrogens is 104 g/mol. The van der Waals surface area contributed by atoms with Crippen LogP contribution >= 0.6 is 0 Å². The Bertz CT molecular complexity index is 128. The Kier molecular flexibility index (Phi) is 1.08. The summed E-state index contributed by atoms with van der Waals surface area (Å²) in [6.07, 6.45) is 1.62. The van der Waals surface area contributed by atoms with Gasteiger partial charge in [0.2, 0.25) is 0 Å². The summed E-state index contributed by atoms with van der Waals surface area (Å²) in [5.74, 6) is -0.0811. The molecule has 1 heterocycles. The van der Waals surface area contributed by atoms with Crippen molar-refractivity contribution in [2.45, 2.75) is 13.0 Å². The van der Waals surface area contributed by atoms with Crippen LogP contribution in [0.3, 0.4) is 0 Å². The van der Waals surface area contributed by atoms with Crippen LogP contribution in [0, 0.1) is 5.92 Å². The quantitative estimate of drug-likeness (QED) is 0.369. The van der Waals surface area contributed by atoms with Crippen LogP contribution < -0.4 is 0 Å². The second kappa shape index (κ2) is 1.62. The zero-order valence-electron chi connectivity index (χ0n) is 4.76. The van der Waals surface area contributed by atoms with Gasteiger partial charge in [0.25, 0.3) is 0 Å². The van der Waals surface area contributed by atoms with Crippen molar-refractivity contribution in [2.24, 2.45) is 5.92 Å². The van der Waals surface area contributed by atoms with E-state index in [2.05, 4.69) is 11.3 Å². The van der Waals surface area contributed by atoms with Gasteiger partial charge in [-0.15, -0.1) is 0 Å². The third-order valence-corrected chi connectivity index (χ3v) is 1.35. The number of esters is 1. The van der Waals surface area contributed by atoms with E-state index in [4.69, 9.17) is 0 Å². The Morgan fingerprint density at radius 3 is 2.62 bits per heavy atom. The molecule has 0 aromatic rings. The smallest absolute Gasteiger partial charge is 0.313 e. The zero-order valence-corrected chi connectivity index (χ0v) is 4.76. The van der Waals surface area contributed by atoms with Gasteiger partial charge in [-0.3, -0.25) is 4.79 Å². The molecule has 0 spiro atoms. The molecule has 0 saturated carbocycles. The lowest BCUT2D eigenvalue weighted by atomic mass is 10.00. The Hall–Kier alpha value is -0.790. The maximum Gasteiger partial charge on any atom is 0.313 e. The minimum Gasteiger partial charge on any atom is -0.457 e. The summed E-state index contributed by atoms with van der Waals surface area (Å²) in [5, 5.41) is 0. The fourth-order valence-electron chi connectivity index (χ4n) is 0.658.